The van der Waals surface area contributed by atoms with Crippen LogP contribution in [0.15, 0.2) is 59.2 Å². The van der Waals surface area contributed by atoms with E-state index in [0.29, 0.717) is 0 Å². The van der Waals surface area contributed by atoms with Crippen LogP contribution in [0.25, 0.3) is 6.08 Å². The van der Waals surface area contributed by atoms with Crippen molar-refractivity contribution < 1.29 is 14.7 Å². The zero-order valence-corrected chi connectivity index (χ0v) is 18.0. The summed E-state index contributed by atoms with van der Waals surface area (Å²) < 4.78 is 0. The van der Waals surface area contributed by atoms with E-state index in [1.165, 1.54) is 29.2 Å². The molecule has 11 heteroatoms. The summed E-state index contributed by atoms with van der Waals surface area (Å²) in [6.45, 7) is 1.52. The summed E-state index contributed by atoms with van der Waals surface area (Å²) in [4.78, 5) is 22.4. The van der Waals surface area contributed by atoms with Gasteiger partial charge in [0.25, 0.3) is 11.4 Å². The van der Waals surface area contributed by atoms with Crippen LogP contribution in [0, 0.1) is 26.1 Å². The number of rotatable bonds is 4. The molecule has 0 saturated carbocycles. The number of hydrogen-bond acceptors (Lipinski definition) is 6. The Kier molecular flexibility index (Phi) is 5.68. The summed E-state index contributed by atoms with van der Waals surface area (Å²) >= 11 is 5.26. The van der Waals surface area contributed by atoms with E-state index < -0.39 is 9.85 Å². The SMILES string of the molecule is C[NH+]1CC(=Cc2ccc([N+](=O)[O-])cc2)C2=NN(C(N)=S)C(c3ccc([N+](=O)[O-])cc3)C2C1. The average molecular weight is 454 g/mol. The van der Waals surface area contributed by atoms with Crippen LogP contribution < -0.4 is 10.6 Å². The second-order valence-electron chi connectivity index (χ2n) is 7.92. The molecule has 3 N–H and O–H groups in total. The van der Waals surface area contributed by atoms with E-state index in [1.54, 1.807) is 29.3 Å². The van der Waals surface area contributed by atoms with E-state index in [-0.39, 0.29) is 28.4 Å². The molecule has 2 aliphatic rings. The van der Waals surface area contributed by atoms with E-state index in [2.05, 4.69) is 7.05 Å². The minimum Gasteiger partial charge on any atom is -0.375 e. The Hall–Kier alpha value is -3.70. The maximum atomic E-state index is 11.0. The van der Waals surface area contributed by atoms with Crippen LogP contribution in [0.4, 0.5) is 11.4 Å². The van der Waals surface area contributed by atoms with Gasteiger partial charge in [-0.1, -0.05) is 12.1 Å². The fourth-order valence-electron chi connectivity index (χ4n) is 4.32. The Bertz CT molecular complexity index is 1150. The van der Waals surface area contributed by atoms with Gasteiger partial charge in [0.05, 0.1) is 41.1 Å². The fraction of sp³-hybridized carbons (Fsp3) is 0.238. The number of nitrogens with one attached hydrogen (secondary N) is 1. The molecule has 2 aromatic rings. The smallest absolute Gasteiger partial charge is 0.269 e. The van der Waals surface area contributed by atoms with Gasteiger partial charge in [-0.15, -0.1) is 0 Å². The molecule has 0 spiro atoms. The van der Waals surface area contributed by atoms with Gasteiger partial charge in [-0.05, 0) is 41.6 Å². The third-order valence-electron chi connectivity index (χ3n) is 5.72. The molecule has 0 radical (unpaired) electrons. The van der Waals surface area contributed by atoms with E-state index in [1.807, 2.05) is 6.08 Å². The van der Waals surface area contributed by atoms with Gasteiger partial charge in [-0.3, -0.25) is 20.2 Å². The lowest BCUT2D eigenvalue weighted by atomic mass is 9.83. The molecular formula is C21H21N6O4S+. The highest BCUT2D eigenvalue weighted by molar-refractivity contribution is 7.80. The predicted molar refractivity (Wildman–Crippen MR) is 123 cm³/mol. The highest BCUT2D eigenvalue weighted by Crippen LogP contribution is 2.38. The summed E-state index contributed by atoms with van der Waals surface area (Å²) in [5.41, 5.74) is 9.58. The molecule has 2 aromatic carbocycles. The number of likely N-dealkylation sites (N-methyl/N-ethyl adjacent to an activating group) is 1. The molecule has 0 amide bonds. The topological polar surface area (TPSA) is 132 Å². The number of thiocarbonyl (C=S) groups is 1. The lowest BCUT2D eigenvalue weighted by Crippen LogP contribution is -3.11. The Morgan fingerprint density at radius 1 is 1.12 bits per heavy atom. The molecule has 1 fully saturated rings. The number of nitro benzene ring substituents is 2. The number of non-ortho nitro benzene ring substituents is 2. The lowest BCUT2D eigenvalue weighted by molar-refractivity contribution is -0.878. The van der Waals surface area contributed by atoms with Gasteiger partial charge in [0.1, 0.15) is 6.54 Å². The van der Waals surface area contributed by atoms with Gasteiger partial charge in [0, 0.05) is 29.8 Å². The van der Waals surface area contributed by atoms with E-state index in [4.69, 9.17) is 23.1 Å². The maximum Gasteiger partial charge on any atom is 0.269 e. The van der Waals surface area contributed by atoms with Gasteiger partial charge in [0.15, 0.2) is 5.11 Å². The summed E-state index contributed by atoms with van der Waals surface area (Å²) in [6.07, 6.45) is 1.98. The summed E-state index contributed by atoms with van der Waals surface area (Å²) in [5, 5.41) is 28.4. The van der Waals surface area contributed by atoms with Crippen LogP contribution >= 0.6 is 12.2 Å². The van der Waals surface area contributed by atoms with Crippen molar-refractivity contribution in [1.29, 1.82) is 0 Å². The molecule has 164 valence electrons. The first-order chi connectivity index (χ1) is 15.2. The molecular weight excluding hydrogens is 432 g/mol. The van der Waals surface area contributed by atoms with Crippen molar-refractivity contribution in [2.75, 3.05) is 20.1 Å². The third-order valence-corrected chi connectivity index (χ3v) is 5.90. The van der Waals surface area contributed by atoms with Crippen molar-refractivity contribution in [2.24, 2.45) is 16.8 Å². The minimum absolute atomic E-state index is 0.0138. The zero-order valence-electron chi connectivity index (χ0n) is 17.2. The van der Waals surface area contributed by atoms with Crippen molar-refractivity contribution in [3.8, 4) is 0 Å². The second kappa shape index (κ2) is 8.44. The number of nitro groups is 2. The normalized spacial score (nSPS) is 23.5. The molecule has 32 heavy (non-hydrogen) atoms. The predicted octanol–water partition coefficient (Wildman–Crippen LogP) is 1.69. The lowest BCUT2D eigenvalue weighted by Gasteiger charge is -2.32. The molecule has 2 aliphatic heterocycles. The van der Waals surface area contributed by atoms with Crippen LogP contribution in [0.5, 0.6) is 0 Å². The van der Waals surface area contributed by atoms with E-state index >= 15 is 0 Å². The molecule has 3 atom stereocenters. The molecule has 1 saturated heterocycles. The number of benzene rings is 2. The van der Waals surface area contributed by atoms with Crippen LogP contribution in [-0.4, -0.2) is 45.8 Å². The number of fused-ring (bicyclic) bond motifs is 1. The van der Waals surface area contributed by atoms with E-state index in [0.717, 1.165) is 35.5 Å². The number of piperidine rings is 1. The quantitative estimate of drug-likeness (QED) is 0.409. The van der Waals surface area contributed by atoms with Crippen LogP contribution in [0.1, 0.15) is 17.2 Å². The number of hydrogen-bond donors (Lipinski definition) is 2. The maximum absolute atomic E-state index is 11.0. The standard InChI is InChI=1S/C21H20N6O4S/c1-24-11-15(10-13-2-6-16(7-3-13)26(28)29)19-18(12-24)20(25(23-19)21(22)32)14-4-8-17(9-5-14)27(30)31/h2-10,18,20H,11-12H2,1H3,(H2,22,32)/p+1. The van der Waals surface area contributed by atoms with Gasteiger partial charge in [-0.2, -0.15) is 5.10 Å². The molecule has 2 heterocycles. The van der Waals surface area contributed by atoms with Crippen molar-refractivity contribution >= 4 is 40.5 Å². The van der Waals surface area contributed by atoms with Crippen LogP contribution in [-0.2, 0) is 0 Å². The first-order valence-corrected chi connectivity index (χ1v) is 10.3. The molecule has 10 nitrogen and oxygen atoms in total. The first-order valence-electron chi connectivity index (χ1n) is 9.93. The van der Waals surface area contributed by atoms with Crippen LogP contribution in [0.3, 0.4) is 0 Å². The summed E-state index contributed by atoms with van der Waals surface area (Å²) in [7, 11) is 2.08. The van der Waals surface area contributed by atoms with Gasteiger partial charge >= 0.3 is 0 Å². The third kappa shape index (κ3) is 4.07. The van der Waals surface area contributed by atoms with Crippen molar-refractivity contribution in [1.82, 2.24) is 5.01 Å². The minimum atomic E-state index is -0.435. The Balaban J connectivity index is 1.71. The highest BCUT2D eigenvalue weighted by Gasteiger charge is 2.45. The molecule has 0 aromatic heterocycles. The fourth-order valence-corrected chi connectivity index (χ4v) is 4.47. The van der Waals surface area contributed by atoms with E-state index in [9.17, 15) is 20.2 Å². The number of nitrogens with zero attached hydrogens (tertiary/aromatic N) is 4. The summed E-state index contributed by atoms with van der Waals surface area (Å²) in [6, 6.07) is 12.5. The Morgan fingerprint density at radius 2 is 1.69 bits per heavy atom. The number of nitrogens with two attached hydrogens (primary N) is 1. The molecule has 4 rings (SSSR count). The molecule has 0 bridgehead atoms. The monoisotopic (exact) mass is 453 g/mol. The first kappa shape index (κ1) is 21.5. The van der Waals surface area contributed by atoms with Gasteiger partial charge < -0.3 is 10.6 Å². The van der Waals surface area contributed by atoms with Gasteiger partial charge in [0.2, 0.25) is 0 Å². The van der Waals surface area contributed by atoms with Crippen molar-refractivity contribution in [2.45, 2.75) is 6.04 Å². The number of quaternary nitrogens is 1. The number of likely N-dealkylation sites (tertiary alicyclic amines) is 1. The highest BCUT2D eigenvalue weighted by atomic mass is 32.1. The van der Waals surface area contributed by atoms with Crippen molar-refractivity contribution in [3.63, 3.8) is 0 Å². The average Bonchev–Trinajstić information content (AvgIpc) is 3.14. The Morgan fingerprint density at radius 3 is 2.22 bits per heavy atom. The number of hydrazone groups is 1. The molecule has 0 aliphatic carbocycles. The van der Waals surface area contributed by atoms with Crippen LogP contribution in [0.2, 0.25) is 0 Å². The largest absolute Gasteiger partial charge is 0.375 e. The summed E-state index contributed by atoms with van der Waals surface area (Å²) in [5.74, 6) is -0.0176. The molecule has 3 unspecified atom stereocenters. The zero-order chi connectivity index (χ0) is 23.0. The second-order valence-corrected chi connectivity index (χ2v) is 8.34. The Labute approximate surface area is 188 Å². The van der Waals surface area contributed by atoms with Crippen molar-refractivity contribution in [3.05, 3.63) is 85.5 Å². The van der Waals surface area contributed by atoms with Gasteiger partial charge in [-0.25, -0.2) is 5.01 Å².